The van der Waals surface area contributed by atoms with Crippen molar-refractivity contribution in [1.29, 1.82) is 0 Å². The van der Waals surface area contributed by atoms with Gasteiger partial charge in [0.2, 0.25) is 0 Å². The van der Waals surface area contributed by atoms with Crippen LogP contribution in [0.5, 0.6) is 0 Å². The first-order chi connectivity index (χ1) is 9.70. The average Bonchev–Trinajstić information content (AvgIpc) is 2.49. The van der Waals surface area contributed by atoms with Gasteiger partial charge in [0.25, 0.3) is 0 Å². The summed E-state index contributed by atoms with van der Waals surface area (Å²) in [6, 6.07) is 9.27. The molecule has 110 valence electrons. The number of piperidine rings is 1. The Labute approximate surface area is 122 Å². The topological polar surface area (TPSA) is 38.5 Å². The molecule has 4 atom stereocenters. The van der Waals surface area contributed by atoms with Crippen molar-refractivity contribution in [1.82, 2.24) is 4.90 Å². The summed E-state index contributed by atoms with van der Waals surface area (Å²) in [6.45, 7) is 4.47. The van der Waals surface area contributed by atoms with Crippen LogP contribution in [0.3, 0.4) is 0 Å². The van der Waals surface area contributed by atoms with E-state index >= 15 is 0 Å². The minimum atomic E-state index is 0.144. The Bertz CT molecular complexity index is 462. The minimum absolute atomic E-state index is 0.144. The second kappa shape index (κ2) is 5.84. The zero-order valence-corrected chi connectivity index (χ0v) is 12.6. The van der Waals surface area contributed by atoms with E-state index in [1.165, 1.54) is 24.0 Å². The molecular formula is C17H26N2O. The second-order valence-electron chi connectivity index (χ2n) is 6.37. The zero-order chi connectivity index (χ0) is 14.1. The van der Waals surface area contributed by atoms with Crippen LogP contribution in [0.2, 0.25) is 0 Å². The highest BCUT2D eigenvalue weighted by Gasteiger charge is 2.35. The van der Waals surface area contributed by atoms with E-state index in [0.29, 0.717) is 18.1 Å². The van der Waals surface area contributed by atoms with Gasteiger partial charge in [-0.2, -0.15) is 0 Å². The van der Waals surface area contributed by atoms with Gasteiger partial charge in [-0.15, -0.1) is 0 Å². The van der Waals surface area contributed by atoms with Crippen molar-refractivity contribution in [3.63, 3.8) is 0 Å². The van der Waals surface area contributed by atoms with Crippen molar-refractivity contribution >= 4 is 0 Å². The predicted octanol–water partition coefficient (Wildman–Crippen LogP) is 2.36. The highest BCUT2D eigenvalue weighted by Crippen LogP contribution is 2.33. The summed E-state index contributed by atoms with van der Waals surface area (Å²) < 4.78 is 5.65. The standard InChI is InChI=1S/C17H26N2O/c1-12-9-10-19(11-16(12)20-2)15-8-7-13-5-3-4-6-14(13)17(15)18/h3-6,12,15-17H,7-11,18H2,1-2H3. The number of hydrogen-bond donors (Lipinski definition) is 1. The molecule has 0 spiro atoms. The lowest BCUT2D eigenvalue weighted by molar-refractivity contribution is -0.0250. The fraction of sp³-hybridized carbons (Fsp3) is 0.647. The zero-order valence-electron chi connectivity index (χ0n) is 12.6. The number of ether oxygens (including phenoxy) is 1. The van der Waals surface area contributed by atoms with Crippen LogP contribution >= 0.6 is 0 Å². The lowest BCUT2D eigenvalue weighted by Gasteiger charge is -2.44. The largest absolute Gasteiger partial charge is 0.380 e. The van der Waals surface area contributed by atoms with Gasteiger partial charge in [0, 0.05) is 25.7 Å². The Morgan fingerprint density at radius 1 is 1.25 bits per heavy atom. The first kappa shape index (κ1) is 14.1. The van der Waals surface area contributed by atoms with E-state index in [4.69, 9.17) is 10.5 Å². The molecule has 0 bridgehead atoms. The Morgan fingerprint density at radius 3 is 2.85 bits per heavy atom. The van der Waals surface area contributed by atoms with E-state index in [-0.39, 0.29) is 6.04 Å². The van der Waals surface area contributed by atoms with Crippen LogP contribution in [0.15, 0.2) is 24.3 Å². The molecule has 0 aromatic heterocycles. The third kappa shape index (κ3) is 2.50. The fourth-order valence-electron chi connectivity index (χ4n) is 3.85. The fourth-order valence-corrected chi connectivity index (χ4v) is 3.85. The van der Waals surface area contributed by atoms with E-state index in [0.717, 1.165) is 19.5 Å². The molecule has 1 aromatic rings. The number of rotatable bonds is 2. The Morgan fingerprint density at radius 2 is 2.05 bits per heavy atom. The molecule has 3 rings (SSSR count). The molecule has 1 heterocycles. The highest BCUT2D eigenvalue weighted by molar-refractivity contribution is 5.33. The van der Waals surface area contributed by atoms with Crippen molar-refractivity contribution in [3.8, 4) is 0 Å². The van der Waals surface area contributed by atoms with E-state index in [1.807, 2.05) is 7.11 Å². The van der Waals surface area contributed by atoms with Gasteiger partial charge in [-0.3, -0.25) is 4.90 Å². The molecule has 0 saturated carbocycles. The van der Waals surface area contributed by atoms with Gasteiger partial charge in [-0.25, -0.2) is 0 Å². The average molecular weight is 274 g/mol. The summed E-state index contributed by atoms with van der Waals surface area (Å²) in [5, 5.41) is 0. The molecule has 1 aromatic carbocycles. The smallest absolute Gasteiger partial charge is 0.0724 e. The summed E-state index contributed by atoms with van der Waals surface area (Å²) >= 11 is 0. The molecule has 2 aliphatic rings. The first-order valence-electron chi connectivity index (χ1n) is 7.81. The molecule has 3 heteroatoms. The molecular weight excluding hydrogens is 248 g/mol. The highest BCUT2D eigenvalue weighted by atomic mass is 16.5. The first-order valence-corrected chi connectivity index (χ1v) is 7.81. The SMILES string of the molecule is COC1CN(C2CCc3ccccc3C2N)CCC1C. The molecule has 2 N–H and O–H groups in total. The summed E-state index contributed by atoms with van der Waals surface area (Å²) in [5.41, 5.74) is 9.34. The normalized spacial score (nSPS) is 34.8. The van der Waals surface area contributed by atoms with E-state index in [1.54, 1.807) is 0 Å². The molecule has 4 unspecified atom stereocenters. The van der Waals surface area contributed by atoms with E-state index in [2.05, 4.69) is 36.1 Å². The van der Waals surface area contributed by atoms with Gasteiger partial charge < -0.3 is 10.5 Å². The minimum Gasteiger partial charge on any atom is -0.380 e. The molecule has 3 nitrogen and oxygen atoms in total. The number of likely N-dealkylation sites (tertiary alicyclic amines) is 1. The van der Waals surface area contributed by atoms with E-state index < -0.39 is 0 Å². The number of hydrogen-bond acceptors (Lipinski definition) is 3. The van der Waals surface area contributed by atoms with Crippen molar-refractivity contribution in [3.05, 3.63) is 35.4 Å². The van der Waals surface area contributed by atoms with Crippen LogP contribution in [-0.4, -0.2) is 37.2 Å². The van der Waals surface area contributed by atoms with Gasteiger partial charge in [-0.1, -0.05) is 31.2 Å². The molecule has 20 heavy (non-hydrogen) atoms. The Hall–Kier alpha value is -0.900. The Balaban J connectivity index is 1.76. The Kier molecular flexibility index (Phi) is 4.11. The second-order valence-corrected chi connectivity index (χ2v) is 6.37. The van der Waals surface area contributed by atoms with Crippen LogP contribution in [-0.2, 0) is 11.2 Å². The maximum atomic E-state index is 6.56. The molecule has 0 radical (unpaired) electrons. The van der Waals surface area contributed by atoms with Crippen LogP contribution < -0.4 is 5.73 Å². The lowest BCUT2D eigenvalue weighted by atomic mass is 9.82. The van der Waals surface area contributed by atoms with Gasteiger partial charge in [-0.05, 0) is 42.9 Å². The number of benzene rings is 1. The number of methoxy groups -OCH3 is 1. The maximum Gasteiger partial charge on any atom is 0.0724 e. The quantitative estimate of drug-likeness (QED) is 0.900. The summed E-state index contributed by atoms with van der Waals surface area (Å²) in [4.78, 5) is 2.56. The summed E-state index contributed by atoms with van der Waals surface area (Å²) in [5.74, 6) is 0.656. The van der Waals surface area contributed by atoms with Crippen LogP contribution in [0.4, 0.5) is 0 Å². The summed E-state index contributed by atoms with van der Waals surface area (Å²) in [7, 11) is 1.83. The third-order valence-corrected chi connectivity index (χ3v) is 5.23. The number of nitrogens with zero attached hydrogens (tertiary/aromatic N) is 1. The van der Waals surface area contributed by atoms with Crippen molar-refractivity contribution in [2.45, 2.75) is 44.4 Å². The molecule has 1 fully saturated rings. The van der Waals surface area contributed by atoms with Gasteiger partial charge in [0.15, 0.2) is 0 Å². The van der Waals surface area contributed by atoms with Crippen molar-refractivity contribution in [2.24, 2.45) is 11.7 Å². The van der Waals surface area contributed by atoms with Crippen LogP contribution in [0.25, 0.3) is 0 Å². The molecule has 1 aliphatic carbocycles. The van der Waals surface area contributed by atoms with Crippen molar-refractivity contribution < 1.29 is 4.74 Å². The third-order valence-electron chi connectivity index (χ3n) is 5.23. The van der Waals surface area contributed by atoms with Gasteiger partial charge >= 0.3 is 0 Å². The van der Waals surface area contributed by atoms with Crippen LogP contribution in [0, 0.1) is 5.92 Å². The number of aryl methyl sites for hydroxylation is 1. The maximum absolute atomic E-state index is 6.56. The van der Waals surface area contributed by atoms with Gasteiger partial charge in [0.05, 0.1) is 6.10 Å². The van der Waals surface area contributed by atoms with Crippen molar-refractivity contribution in [2.75, 3.05) is 20.2 Å². The van der Waals surface area contributed by atoms with Crippen LogP contribution in [0.1, 0.15) is 36.9 Å². The molecule has 1 saturated heterocycles. The monoisotopic (exact) mass is 274 g/mol. The summed E-state index contributed by atoms with van der Waals surface area (Å²) in [6.07, 6.45) is 3.89. The van der Waals surface area contributed by atoms with Gasteiger partial charge in [0.1, 0.15) is 0 Å². The predicted molar refractivity (Wildman–Crippen MR) is 81.6 cm³/mol. The molecule has 0 amide bonds. The lowest BCUT2D eigenvalue weighted by Crippen LogP contribution is -2.53. The number of fused-ring (bicyclic) bond motifs is 1. The number of nitrogens with two attached hydrogens (primary N) is 1. The van der Waals surface area contributed by atoms with E-state index in [9.17, 15) is 0 Å². The molecule has 1 aliphatic heterocycles.